The van der Waals surface area contributed by atoms with E-state index in [0.717, 1.165) is 11.8 Å². The quantitative estimate of drug-likeness (QED) is 0.187. The topological polar surface area (TPSA) is 72.2 Å². The van der Waals surface area contributed by atoms with Crippen LogP contribution in [0.2, 0.25) is 0 Å². The van der Waals surface area contributed by atoms with Gasteiger partial charge in [-0.3, -0.25) is 10.1 Å². The summed E-state index contributed by atoms with van der Waals surface area (Å²) in [7, 11) is 0. The van der Waals surface area contributed by atoms with Gasteiger partial charge in [-0.05, 0) is 24.7 Å². The number of urea groups is 1. The number of nitrogens with one attached hydrogen (secondary N) is 1. The highest BCUT2D eigenvalue weighted by molar-refractivity contribution is 9.10. The SMILES string of the molecule is CCC(Br)(CC)C(=O)NC(N)=O.CCCCCCCCCCCCC(C)C(C)C. The maximum absolute atomic E-state index is 11.3. The number of alkyl halides is 1. The van der Waals surface area contributed by atoms with Gasteiger partial charge in [-0.15, -0.1) is 0 Å². The first-order valence-electron chi connectivity index (χ1n) is 11.9. The fourth-order valence-corrected chi connectivity index (χ4v) is 3.18. The predicted octanol–water partition coefficient (Wildman–Crippen LogP) is 7.72. The second kappa shape index (κ2) is 19.4. The number of carbonyl (C=O) groups excluding carboxylic acids is 2. The molecule has 0 rings (SSSR count). The molecule has 0 radical (unpaired) electrons. The summed E-state index contributed by atoms with van der Waals surface area (Å²) >= 11 is 3.26. The van der Waals surface area contributed by atoms with Gasteiger partial charge in [0.15, 0.2) is 0 Å². The number of primary amides is 1. The van der Waals surface area contributed by atoms with Crippen LogP contribution in [0.15, 0.2) is 0 Å². The summed E-state index contributed by atoms with van der Waals surface area (Å²) in [5.74, 6) is 1.41. The molecule has 0 aromatic heterocycles. The Bertz CT molecular complexity index is 410. The van der Waals surface area contributed by atoms with Crippen molar-refractivity contribution in [3.8, 4) is 0 Å². The van der Waals surface area contributed by atoms with Crippen LogP contribution >= 0.6 is 15.9 Å². The molecular weight excluding hydrogens is 428 g/mol. The molecule has 174 valence electrons. The lowest BCUT2D eigenvalue weighted by molar-refractivity contribution is -0.122. The summed E-state index contributed by atoms with van der Waals surface area (Å²) in [5.41, 5.74) is 4.81. The molecule has 0 aliphatic heterocycles. The number of imide groups is 1. The van der Waals surface area contributed by atoms with Crippen LogP contribution in [-0.4, -0.2) is 16.3 Å². The van der Waals surface area contributed by atoms with Gasteiger partial charge in [0, 0.05) is 0 Å². The van der Waals surface area contributed by atoms with Crippen LogP contribution in [0.25, 0.3) is 0 Å². The van der Waals surface area contributed by atoms with Gasteiger partial charge in [-0.1, -0.05) is 128 Å². The highest BCUT2D eigenvalue weighted by Crippen LogP contribution is 2.26. The lowest BCUT2D eigenvalue weighted by Gasteiger charge is -2.21. The Morgan fingerprint density at radius 1 is 0.828 bits per heavy atom. The van der Waals surface area contributed by atoms with Crippen molar-refractivity contribution in [3.05, 3.63) is 0 Å². The van der Waals surface area contributed by atoms with Crippen LogP contribution in [0.4, 0.5) is 4.79 Å². The average molecular weight is 478 g/mol. The maximum Gasteiger partial charge on any atom is 0.318 e. The van der Waals surface area contributed by atoms with Crippen molar-refractivity contribution < 1.29 is 9.59 Å². The minimum absolute atomic E-state index is 0.375. The lowest BCUT2D eigenvalue weighted by Crippen LogP contribution is -2.46. The van der Waals surface area contributed by atoms with E-state index in [4.69, 9.17) is 5.73 Å². The van der Waals surface area contributed by atoms with E-state index in [9.17, 15) is 9.59 Å². The molecule has 4 nitrogen and oxygen atoms in total. The Labute approximate surface area is 189 Å². The maximum atomic E-state index is 11.3. The van der Waals surface area contributed by atoms with Crippen molar-refractivity contribution in [2.75, 3.05) is 0 Å². The molecular formula is C24H49BrN2O2. The van der Waals surface area contributed by atoms with Crippen LogP contribution < -0.4 is 11.1 Å². The Balaban J connectivity index is 0. The Morgan fingerprint density at radius 3 is 1.59 bits per heavy atom. The highest BCUT2D eigenvalue weighted by atomic mass is 79.9. The summed E-state index contributed by atoms with van der Waals surface area (Å²) in [6, 6.07) is -0.814. The van der Waals surface area contributed by atoms with E-state index < -0.39 is 10.4 Å². The summed E-state index contributed by atoms with van der Waals surface area (Å²) < 4.78 is -0.665. The summed E-state index contributed by atoms with van der Waals surface area (Å²) in [6.45, 7) is 13.1. The first-order valence-corrected chi connectivity index (χ1v) is 12.7. The number of unbranched alkanes of at least 4 members (excludes halogenated alkanes) is 9. The zero-order chi connectivity index (χ0) is 22.7. The van der Waals surface area contributed by atoms with E-state index in [2.05, 4.69) is 43.6 Å². The fourth-order valence-electron chi connectivity index (χ4n) is 3.08. The van der Waals surface area contributed by atoms with E-state index >= 15 is 0 Å². The van der Waals surface area contributed by atoms with Crippen LogP contribution in [0, 0.1) is 11.8 Å². The number of hydrogen-bond acceptors (Lipinski definition) is 2. The lowest BCUT2D eigenvalue weighted by atomic mass is 9.92. The Morgan fingerprint density at radius 2 is 1.24 bits per heavy atom. The fraction of sp³-hybridized carbons (Fsp3) is 0.917. The Hall–Kier alpha value is -0.580. The molecule has 0 saturated heterocycles. The van der Waals surface area contributed by atoms with Crippen LogP contribution in [0.5, 0.6) is 0 Å². The van der Waals surface area contributed by atoms with Crippen molar-refractivity contribution in [1.82, 2.24) is 5.32 Å². The number of rotatable bonds is 15. The molecule has 0 fully saturated rings. The van der Waals surface area contributed by atoms with Gasteiger partial charge < -0.3 is 5.73 Å². The van der Waals surface area contributed by atoms with Crippen LogP contribution in [0.3, 0.4) is 0 Å². The number of hydrogen-bond donors (Lipinski definition) is 2. The summed E-state index contributed by atoms with van der Waals surface area (Å²) in [4.78, 5) is 21.6. The second-order valence-corrected chi connectivity index (χ2v) is 10.2. The van der Waals surface area contributed by atoms with Gasteiger partial charge in [-0.25, -0.2) is 4.79 Å². The predicted molar refractivity (Wildman–Crippen MR) is 130 cm³/mol. The molecule has 0 aromatic rings. The van der Waals surface area contributed by atoms with Crippen molar-refractivity contribution in [1.29, 1.82) is 0 Å². The number of amides is 3. The molecule has 0 bridgehead atoms. The van der Waals surface area contributed by atoms with Gasteiger partial charge in [0.1, 0.15) is 4.32 Å². The summed E-state index contributed by atoms with van der Waals surface area (Å²) in [5, 5.41) is 2.04. The number of halogens is 1. The van der Waals surface area contributed by atoms with Crippen molar-refractivity contribution >= 4 is 27.9 Å². The molecule has 0 spiro atoms. The standard InChI is InChI=1S/C17H36.C7H13BrN2O2/c1-5-6-7-8-9-10-11-12-13-14-15-17(4)16(2)3;1-3-7(8,4-2)5(11)10-6(9)12/h16-17H,5-15H2,1-4H3;3-4H2,1-2H3,(H3,9,10,11,12). The molecule has 5 heteroatoms. The van der Waals surface area contributed by atoms with E-state index in [0.29, 0.717) is 12.8 Å². The van der Waals surface area contributed by atoms with E-state index in [1.54, 1.807) is 0 Å². The average Bonchev–Trinajstić information content (AvgIpc) is 2.68. The smallest absolute Gasteiger partial charge is 0.318 e. The first kappa shape index (κ1) is 30.6. The van der Waals surface area contributed by atoms with Gasteiger partial charge in [0.2, 0.25) is 5.91 Å². The van der Waals surface area contributed by atoms with E-state index in [-0.39, 0.29) is 5.91 Å². The van der Waals surface area contributed by atoms with Gasteiger partial charge in [-0.2, -0.15) is 0 Å². The molecule has 1 unspecified atom stereocenters. The third-order valence-corrected chi connectivity index (χ3v) is 7.40. The minimum Gasteiger partial charge on any atom is -0.351 e. The molecule has 0 aromatic carbocycles. The van der Waals surface area contributed by atoms with Gasteiger partial charge >= 0.3 is 6.03 Å². The molecule has 3 N–H and O–H groups in total. The number of carbonyl (C=O) groups is 2. The molecule has 1 atom stereocenters. The summed E-state index contributed by atoms with van der Waals surface area (Å²) in [6.07, 6.45) is 17.2. The number of nitrogens with two attached hydrogens (primary N) is 1. The largest absolute Gasteiger partial charge is 0.351 e. The first-order chi connectivity index (χ1) is 13.6. The third-order valence-electron chi connectivity index (χ3n) is 5.92. The monoisotopic (exact) mass is 476 g/mol. The van der Waals surface area contributed by atoms with Gasteiger partial charge in [0.05, 0.1) is 0 Å². The van der Waals surface area contributed by atoms with Crippen LogP contribution in [-0.2, 0) is 4.79 Å². The molecule has 29 heavy (non-hydrogen) atoms. The van der Waals surface area contributed by atoms with Crippen molar-refractivity contribution in [2.45, 2.75) is 129 Å². The highest BCUT2D eigenvalue weighted by Gasteiger charge is 2.32. The minimum atomic E-state index is -0.814. The van der Waals surface area contributed by atoms with E-state index in [1.165, 1.54) is 70.6 Å². The van der Waals surface area contributed by atoms with Crippen molar-refractivity contribution in [2.24, 2.45) is 17.6 Å². The zero-order valence-corrected chi connectivity index (χ0v) is 21.7. The Kier molecular flexibility index (Phi) is 20.5. The third kappa shape index (κ3) is 17.9. The van der Waals surface area contributed by atoms with E-state index in [1.807, 2.05) is 19.2 Å². The molecule has 0 aliphatic rings. The molecule has 0 heterocycles. The second-order valence-electron chi connectivity index (χ2n) is 8.68. The van der Waals surface area contributed by atoms with Crippen molar-refractivity contribution in [3.63, 3.8) is 0 Å². The normalized spacial score (nSPS) is 12.3. The van der Waals surface area contributed by atoms with Crippen LogP contribution in [0.1, 0.15) is 125 Å². The van der Waals surface area contributed by atoms with Gasteiger partial charge in [0.25, 0.3) is 0 Å². The molecule has 0 aliphatic carbocycles. The molecule has 3 amide bonds. The molecule has 0 saturated carbocycles. The zero-order valence-electron chi connectivity index (χ0n) is 20.1.